The summed E-state index contributed by atoms with van der Waals surface area (Å²) in [5.74, 6) is 0.0188. The number of likely N-dealkylation sites (tertiary alicyclic amines) is 1. The number of nitrogens with zero attached hydrogens (tertiary/aromatic N) is 2. The Labute approximate surface area is 170 Å². The van der Waals surface area contributed by atoms with Gasteiger partial charge in [0.1, 0.15) is 6.04 Å². The van der Waals surface area contributed by atoms with Gasteiger partial charge in [-0.25, -0.2) is 0 Å². The first-order valence-corrected chi connectivity index (χ1v) is 8.97. The van der Waals surface area contributed by atoms with E-state index < -0.39 is 6.04 Å². The molecule has 1 aromatic rings. The fourth-order valence-corrected chi connectivity index (χ4v) is 3.45. The maximum absolute atomic E-state index is 12.7. The third-order valence-corrected chi connectivity index (χ3v) is 4.58. The van der Waals surface area contributed by atoms with Crippen LogP contribution in [0.2, 0.25) is 0 Å². The number of halogens is 2. The van der Waals surface area contributed by atoms with E-state index in [9.17, 15) is 4.79 Å². The molecule has 5 nitrogen and oxygen atoms in total. The lowest BCUT2D eigenvalue weighted by atomic mass is 10.0. The fraction of sp³-hybridized carbons (Fsp3) is 0.632. The third-order valence-electron chi connectivity index (χ3n) is 4.58. The van der Waals surface area contributed by atoms with Crippen LogP contribution in [0.1, 0.15) is 31.7 Å². The van der Waals surface area contributed by atoms with E-state index in [1.165, 1.54) is 5.56 Å². The first kappa shape index (κ1) is 25.1. The molecular weight excluding hydrogens is 373 g/mol. The van der Waals surface area contributed by atoms with Crippen LogP contribution in [0.4, 0.5) is 0 Å². The molecule has 1 amide bonds. The van der Waals surface area contributed by atoms with E-state index in [-0.39, 0.29) is 43.4 Å². The highest BCUT2D eigenvalue weighted by molar-refractivity contribution is 5.85. The van der Waals surface area contributed by atoms with Crippen molar-refractivity contribution in [3.05, 3.63) is 35.9 Å². The number of hydrogen-bond acceptors (Lipinski definition) is 4. The van der Waals surface area contributed by atoms with Gasteiger partial charge >= 0.3 is 0 Å². The van der Waals surface area contributed by atoms with Crippen LogP contribution in [0.25, 0.3) is 0 Å². The lowest BCUT2D eigenvalue weighted by molar-refractivity contribution is -0.137. The van der Waals surface area contributed by atoms with Crippen LogP contribution < -0.4 is 5.73 Å². The zero-order valence-electron chi connectivity index (χ0n) is 15.8. The predicted octanol–water partition coefficient (Wildman–Crippen LogP) is 2.71. The molecule has 1 aliphatic heterocycles. The van der Waals surface area contributed by atoms with Gasteiger partial charge in [-0.1, -0.05) is 37.3 Å². The Kier molecular flexibility index (Phi) is 12.9. The zero-order valence-corrected chi connectivity index (χ0v) is 17.4. The van der Waals surface area contributed by atoms with Crippen molar-refractivity contribution >= 4 is 30.7 Å². The maximum atomic E-state index is 12.7. The Balaban J connectivity index is 0.00000312. The van der Waals surface area contributed by atoms with Gasteiger partial charge in [-0.3, -0.25) is 9.69 Å². The molecule has 1 saturated heterocycles. The van der Waals surface area contributed by atoms with Gasteiger partial charge in [-0.15, -0.1) is 24.8 Å². The monoisotopic (exact) mass is 405 g/mol. The molecule has 1 aromatic carbocycles. The number of rotatable bonds is 8. The van der Waals surface area contributed by atoms with Crippen LogP contribution in [0.5, 0.6) is 0 Å². The highest BCUT2D eigenvalue weighted by Crippen LogP contribution is 2.19. The van der Waals surface area contributed by atoms with Gasteiger partial charge < -0.3 is 15.4 Å². The van der Waals surface area contributed by atoms with Crippen LogP contribution >= 0.6 is 24.8 Å². The highest BCUT2D eigenvalue weighted by atomic mass is 35.5. The molecule has 2 unspecified atom stereocenters. The number of methoxy groups -OCH3 is 1. The Bertz CT molecular complexity index is 505. The number of benzene rings is 1. The number of nitrogens with two attached hydrogens (primary N) is 1. The summed E-state index contributed by atoms with van der Waals surface area (Å²) in [6.07, 6.45) is 3.11. The molecule has 0 spiro atoms. The van der Waals surface area contributed by atoms with Crippen molar-refractivity contribution in [3.63, 3.8) is 0 Å². The van der Waals surface area contributed by atoms with Crippen molar-refractivity contribution in [2.75, 3.05) is 33.4 Å². The van der Waals surface area contributed by atoms with E-state index in [1.807, 2.05) is 11.0 Å². The van der Waals surface area contributed by atoms with Crippen molar-refractivity contribution in [1.29, 1.82) is 0 Å². The van der Waals surface area contributed by atoms with Crippen LogP contribution in [-0.2, 0) is 16.1 Å². The average Bonchev–Trinajstić information content (AvgIpc) is 2.60. The summed E-state index contributed by atoms with van der Waals surface area (Å²) in [6.45, 7) is 6.09. The molecule has 1 heterocycles. The third kappa shape index (κ3) is 7.41. The van der Waals surface area contributed by atoms with Gasteiger partial charge in [0, 0.05) is 32.8 Å². The van der Waals surface area contributed by atoms with Crippen molar-refractivity contribution in [1.82, 2.24) is 9.80 Å². The van der Waals surface area contributed by atoms with Gasteiger partial charge in [0.25, 0.3) is 0 Å². The van der Waals surface area contributed by atoms with Crippen LogP contribution in [0.3, 0.4) is 0 Å². The number of carbonyl (C=O) groups excluding carboxylic acids is 1. The molecule has 1 fully saturated rings. The highest BCUT2D eigenvalue weighted by Gasteiger charge is 2.30. The van der Waals surface area contributed by atoms with E-state index in [4.69, 9.17) is 10.5 Å². The van der Waals surface area contributed by atoms with Crippen molar-refractivity contribution < 1.29 is 9.53 Å². The minimum Gasteiger partial charge on any atom is -0.383 e. The standard InChI is InChI=1S/C19H31N3O2.2ClH/c1-3-11-22(19(23)18(20)15-24-2)17-10-7-12-21(14-17)13-16-8-5-4-6-9-16;;/h4-6,8-9,17-18H,3,7,10-15,20H2,1-2H3;2*1H. The van der Waals surface area contributed by atoms with Crippen LogP contribution in [0, 0.1) is 0 Å². The van der Waals surface area contributed by atoms with E-state index in [1.54, 1.807) is 7.11 Å². The van der Waals surface area contributed by atoms with E-state index >= 15 is 0 Å². The van der Waals surface area contributed by atoms with Crippen LogP contribution in [-0.4, -0.2) is 61.1 Å². The Hall–Kier alpha value is -0.850. The van der Waals surface area contributed by atoms with Gasteiger partial charge in [0.2, 0.25) is 5.91 Å². The van der Waals surface area contributed by atoms with Crippen molar-refractivity contribution in [3.8, 4) is 0 Å². The molecule has 2 rings (SSSR count). The summed E-state index contributed by atoms with van der Waals surface area (Å²) in [6, 6.07) is 10.2. The summed E-state index contributed by atoms with van der Waals surface area (Å²) >= 11 is 0. The Morgan fingerprint density at radius 2 is 2.04 bits per heavy atom. The molecule has 26 heavy (non-hydrogen) atoms. The number of hydrogen-bond donors (Lipinski definition) is 1. The molecular formula is C19H33Cl2N3O2. The normalized spacial score (nSPS) is 18.3. The summed E-state index contributed by atoms with van der Waals surface area (Å²) in [5.41, 5.74) is 7.32. The van der Waals surface area contributed by atoms with E-state index in [2.05, 4.69) is 36.1 Å². The Morgan fingerprint density at radius 1 is 1.35 bits per heavy atom. The second-order valence-corrected chi connectivity index (χ2v) is 6.61. The SMILES string of the molecule is CCCN(C(=O)C(N)COC)C1CCCN(Cc2ccccc2)C1.Cl.Cl. The molecule has 150 valence electrons. The van der Waals surface area contributed by atoms with Gasteiger partial charge in [-0.05, 0) is 31.4 Å². The number of amides is 1. The number of ether oxygens (including phenoxy) is 1. The molecule has 7 heteroatoms. The molecule has 0 bridgehead atoms. The van der Waals surface area contributed by atoms with E-state index in [0.29, 0.717) is 0 Å². The molecule has 0 radical (unpaired) electrons. The summed E-state index contributed by atoms with van der Waals surface area (Å²) in [4.78, 5) is 17.1. The smallest absolute Gasteiger partial charge is 0.242 e. The average molecular weight is 406 g/mol. The zero-order chi connectivity index (χ0) is 17.4. The molecule has 1 aliphatic rings. The van der Waals surface area contributed by atoms with Crippen molar-refractivity contribution in [2.45, 2.75) is 44.8 Å². The lowest BCUT2D eigenvalue weighted by Gasteiger charge is -2.40. The summed E-state index contributed by atoms with van der Waals surface area (Å²) < 4.78 is 5.06. The fourth-order valence-electron chi connectivity index (χ4n) is 3.45. The minimum absolute atomic E-state index is 0. The second kappa shape index (κ2) is 13.3. The molecule has 0 aliphatic carbocycles. The number of carbonyl (C=O) groups is 1. The largest absolute Gasteiger partial charge is 0.383 e. The summed E-state index contributed by atoms with van der Waals surface area (Å²) in [7, 11) is 1.58. The number of piperidine rings is 1. The molecule has 0 aromatic heterocycles. The quantitative estimate of drug-likeness (QED) is 0.721. The maximum Gasteiger partial charge on any atom is 0.242 e. The lowest BCUT2D eigenvalue weighted by Crippen LogP contribution is -2.55. The van der Waals surface area contributed by atoms with Crippen molar-refractivity contribution in [2.24, 2.45) is 5.73 Å². The first-order chi connectivity index (χ1) is 11.7. The predicted molar refractivity (Wildman–Crippen MR) is 111 cm³/mol. The van der Waals surface area contributed by atoms with Gasteiger partial charge in [0.05, 0.1) is 6.61 Å². The van der Waals surface area contributed by atoms with E-state index in [0.717, 1.165) is 45.4 Å². The topological polar surface area (TPSA) is 58.8 Å². The summed E-state index contributed by atoms with van der Waals surface area (Å²) in [5, 5.41) is 0. The van der Waals surface area contributed by atoms with Gasteiger partial charge in [-0.2, -0.15) is 0 Å². The molecule has 2 N–H and O–H groups in total. The first-order valence-electron chi connectivity index (χ1n) is 8.97. The molecule has 2 atom stereocenters. The minimum atomic E-state index is -0.564. The Morgan fingerprint density at radius 3 is 2.65 bits per heavy atom. The second-order valence-electron chi connectivity index (χ2n) is 6.61. The molecule has 0 saturated carbocycles. The van der Waals surface area contributed by atoms with Gasteiger partial charge in [0.15, 0.2) is 0 Å². The van der Waals surface area contributed by atoms with Crippen LogP contribution in [0.15, 0.2) is 30.3 Å².